The monoisotopic (exact) mass is 354 g/mol. The minimum atomic E-state index is -3.69. The van der Waals surface area contributed by atoms with Gasteiger partial charge in [0.05, 0.1) is 7.11 Å². The van der Waals surface area contributed by atoms with Gasteiger partial charge in [-0.2, -0.15) is 0 Å². The minimum Gasteiger partial charge on any atom is -0.493 e. The van der Waals surface area contributed by atoms with E-state index in [4.69, 9.17) is 9.47 Å². The summed E-state index contributed by atoms with van der Waals surface area (Å²) >= 11 is 0. The Morgan fingerprint density at radius 2 is 2.08 bits per heavy atom. The van der Waals surface area contributed by atoms with E-state index in [0.29, 0.717) is 30.2 Å². The van der Waals surface area contributed by atoms with Gasteiger partial charge in [-0.05, 0) is 30.3 Å². The molecule has 0 unspecified atom stereocenters. The average molecular weight is 354 g/mol. The van der Waals surface area contributed by atoms with E-state index in [1.165, 1.54) is 13.2 Å². The van der Waals surface area contributed by atoms with Gasteiger partial charge in [0.2, 0.25) is 10.0 Å². The van der Waals surface area contributed by atoms with Gasteiger partial charge in [-0.25, -0.2) is 13.1 Å². The first-order chi connectivity index (χ1) is 11.4. The number of ether oxygens (including phenoxy) is 2. The highest BCUT2D eigenvalue weighted by atomic mass is 32.2. The summed E-state index contributed by atoms with van der Waals surface area (Å²) in [5, 5.41) is 2.64. The molecule has 0 fully saturated rings. The fourth-order valence-electron chi connectivity index (χ4n) is 1.69. The van der Waals surface area contributed by atoms with Gasteiger partial charge >= 0.3 is 0 Å². The summed E-state index contributed by atoms with van der Waals surface area (Å²) in [4.78, 5) is 11.7. The Balaban J connectivity index is 2.76. The number of sulfonamides is 1. The molecule has 7 nitrogen and oxygen atoms in total. The maximum atomic E-state index is 11.7. The van der Waals surface area contributed by atoms with Crippen LogP contribution in [0.15, 0.2) is 36.9 Å². The number of methoxy groups -OCH3 is 1. The lowest BCUT2D eigenvalue weighted by molar-refractivity contribution is -0.114. The molecule has 0 aromatic heterocycles. The zero-order valence-electron chi connectivity index (χ0n) is 13.7. The Morgan fingerprint density at radius 3 is 2.71 bits per heavy atom. The van der Waals surface area contributed by atoms with Gasteiger partial charge in [-0.1, -0.05) is 25.6 Å². The average Bonchev–Trinajstić information content (AvgIpc) is 2.56. The Hall–Kier alpha value is -2.32. The van der Waals surface area contributed by atoms with Crippen molar-refractivity contribution in [2.45, 2.75) is 6.92 Å². The van der Waals surface area contributed by atoms with Crippen molar-refractivity contribution in [3.8, 4) is 11.5 Å². The molecule has 0 atom stereocenters. The summed E-state index contributed by atoms with van der Waals surface area (Å²) in [5.74, 6) is 0.0111. The summed E-state index contributed by atoms with van der Waals surface area (Å²) in [6.07, 6.45) is 4.24. The Bertz CT molecular complexity index is 698. The molecule has 1 rings (SSSR count). The number of hydrogen-bond donors (Lipinski definition) is 2. The van der Waals surface area contributed by atoms with E-state index in [1.54, 1.807) is 31.2 Å². The fourth-order valence-corrected chi connectivity index (χ4v) is 2.61. The molecule has 0 aliphatic carbocycles. The normalized spacial score (nSPS) is 11.2. The van der Waals surface area contributed by atoms with Crippen LogP contribution in [0, 0.1) is 0 Å². The third-order valence-corrected chi connectivity index (χ3v) is 3.87. The molecule has 24 heavy (non-hydrogen) atoms. The van der Waals surface area contributed by atoms with Crippen molar-refractivity contribution < 1.29 is 22.7 Å². The number of rotatable bonds is 10. The number of carbonyl (C=O) groups is 1. The summed E-state index contributed by atoms with van der Waals surface area (Å²) in [7, 11) is -2.19. The van der Waals surface area contributed by atoms with Crippen LogP contribution in [0.4, 0.5) is 0 Å². The largest absolute Gasteiger partial charge is 0.493 e. The topological polar surface area (TPSA) is 93.7 Å². The molecule has 1 amide bonds. The number of benzene rings is 1. The second kappa shape index (κ2) is 9.74. The molecule has 0 heterocycles. The van der Waals surface area contributed by atoms with Crippen LogP contribution in [0.2, 0.25) is 0 Å². The maximum Gasteiger partial charge on any atom is 0.257 e. The van der Waals surface area contributed by atoms with Crippen LogP contribution in [0.5, 0.6) is 11.5 Å². The highest BCUT2D eigenvalue weighted by Crippen LogP contribution is 2.28. The van der Waals surface area contributed by atoms with Crippen LogP contribution in [0.1, 0.15) is 12.5 Å². The Labute approximate surface area is 142 Å². The molecule has 2 N–H and O–H groups in total. The third kappa shape index (κ3) is 6.84. The molecule has 0 saturated carbocycles. The summed E-state index contributed by atoms with van der Waals surface area (Å²) in [6.45, 7) is 6.18. The lowest BCUT2D eigenvalue weighted by Gasteiger charge is -2.09. The lowest BCUT2D eigenvalue weighted by atomic mass is 10.2. The van der Waals surface area contributed by atoms with Crippen LogP contribution in [-0.2, 0) is 14.8 Å². The van der Waals surface area contributed by atoms with Gasteiger partial charge in [-0.15, -0.1) is 0 Å². The second-order valence-corrected chi connectivity index (χ2v) is 6.39. The molecule has 0 radical (unpaired) electrons. The molecule has 1 aromatic carbocycles. The third-order valence-electron chi connectivity index (χ3n) is 2.77. The molecular formula is C16H22N2O5S. The van der Waals surface area contributed by atoms with Crippen molar-refractivity contribution in [3.63, 3.8) is 0 Å². The molecule has 0 spiro atoms. The quantitative estimate of drug-likeness (QED) is 0.486. The zero-order chi connectivity index (χ0) is 18.0. The van der Waals surface area contributed by atoms with Gasteiger partial charge in [0.15, 0.2) is 11.5 Å². The summed E-state index contributed by atoms with van der Waals surface area (Å²) in [5.41, 5.74) is 0.664. The Kier molecular flexibility index (Phi) is 8.00. The van der Waals surface area contributed by atoms with Crippen molar-refractivity contribution >= 4 is 22.0 Å². The number of amides is 1. The van der Waals surface area contributed by atoms with Crippen molar-refractivity contribution in [1.82, 2.24) is 10.0 Å². The van der Waals surface area contributed by atoms with Crippen molar-refractivity contribution in [3.05, 3.63) is 42.5 Å². The first-order valence-corrected chi connectivity index (χ1v) is 8.92. The van der Waals surface area contributed by atoms with Gasteiger partial charge < -0.3 is 14.8 Å². The smallest absolute Gasteiger partial charge is 0.257 e. The first kappa shape index (κ1) is 19.7. The van der Waals surface area contributed by atoms with Gasteiger partial charge in [-0.3, -0.25) is 4.79 Å². The highest BCUT2D eigenvalue weighted by Gasteiger charge is 2.11. The lowest BCUT2D eigenvalue weighted by Crippen LogP contribution is -2.36. The molecule has 0 saturated heterocycles. The van der Waals surface area contributed by atoms with E-state index in [9.17, 15) is 13.2 Å². The van der Waals surface area contributed by atoms with Crippen molar-refractivity contribution in [2.24, 2.45) is 0 Å². The van der Waals surface area contributed by atoms with Crippen molar-refractivity contribution in [1.29, 1.82) is 0 Å². The standard InChI is InChI=1S/C16H22N2O5S/c1-4-10-23-14-8-6-13(11-15(14)22-3)7-9-16(19)18-24(20,21)12-17-5-2/h4,6-9,11,17H,1,5,10,12H2,2-3H3,(H,18,19)/b9-7+. The SMILES string of the molecule is C=CCOc1ccc(/C=C/C(=O)NS(=O)(=O)CNCC)cc1OC. The predicted octanol–water partition coefficient (Wildman–Crippen LogP) is 1.29. The fraction of sp³-hybridized carbons (Fsp3) is 0.312. The summed E-state index contributed by atoms with van der Waals surface area (Å²) < 4.78 is 35.8. The van der Waals surface area contributed by atoms with E-state index >= 15 is 0 Å². The molecule has 0 bridgehead atoms. The first-order valence-electron chi connectivity index (χ1n) is 7.26. The molecule has 0 aliphatic heterocycles. The second-order valence-electron chi connectivity index (χ2n) is 4.67. The van der Waals surface area contributed by atoms with Crippen LogP contribution in [0.3, 0.4) is 0 Å². The minimum absolute atomic E-state index is 0.313. The molecule has 8 heteroatoms. The molecule has 132 valence electrons. The maximum absolute atomic E-state index is 11.7. The number of hydrogen-bond acceptors (Lipinski definition) is 6. The zero-order valence-corrected chi connectivity index (χ0v) is 14.6. The van der Waals surface area contributed by atoms with E-state index in [2.05, 4.69) is 11.9 Å². The molecule has 0 aliphatic rings. The van der Waals surface area contributed by atoms with Gasteiger partial charge in [0.1, 0.15) is 12.5 Å². The predicted molar refractivity (Wildman–Crippen MR) is 93.3 cm³/mol. The van der Waals surface area contributed by atoms with Gasteiger partial charge in [0, 0.05) is 6.08 Å². The number of carbonyl (C=O) groups excluding carboxylic acids is 1. The highest BCUT2D eigenvalue weighted by molar-refractivity contribution is 7.90. The van der Waals surface area contributed by atoms with Crippen LogP contribution in [0.25, 0.3) is 6.08 Å². The molecular weight excluding hydrogens is 332 g/mol. The van der Waals surface area contributed by atoms with E-state index in [1.807, 2.05) is 4.72 Å². The van der Waals surface area contributed by atoms with Crippen LogP contribution >= 0.6 is 0 Å². The number of nitrogens with one attached hydrogen (secondary N) is 2. The van der Waals surface area contributed by atoms with Crippen LogP contribution in [-0.4, -0.2) is 40.5 Å². The van der Waals surface area contributed by atoms with Gasteiger partial charge in [0.25, 0.3) is 5.91 Å². The van der Waals surface area contributed by atoms with E-state index in [0.717, 1.165) is 6.08 Å². The van der Waals surface area contributed by atoms with E-state index < -0.39 is 15.9 Å². The van der Waals surface area contributed by atoms with Crippen LogP contribution < -0.4 is 19.5 Å². The molecule has 1 aromatic rings. The van der Waals surface area contributed by atoms with Crippen molar-refractivity contribution in [2.75, 3.05) is 26.1 Å². The summed E-state index contributed by atoms with van der Waals surface area (Å²) in [6, 6.07) is 5.09. The Morgan fingerprint density at radius 1 is 1.33 bits per heavy atom. The van der Waals surface area contributed by atoms with E-state index in [-0.39, 0.29) is 5.88 Å².